The van der Waals surface area contributed by atoms with Crippen LogP contribution in [0.25, 0.3) is 11.1 Å². The summed E-state index contributed by atoms with van der Waals surface area (Å²) in [5.41, 5.74) is 6.37. The fraction of sp³-hybridized carbons (Fsp3) is 0.286. The number of ether oxygens (including phenoxy) is 2. The van der Waals surface area contributed by atoms with E-state index in [0.29, 0.717) is 6.61 Å². The molecule has 0 saturated carbocycles. The standard InChI is InChI=1S/C28H31NO2/c1-2-27(23-9-5-3-6-10-23)28(24-11-7-4-8-12-24)25-13-15-26(16-14-25)31-22-19-29-17-20-30-21-18-29/h3-16H,2,17-22H2,1H3/b28-27-. The first-order valence-electron chi connectivity index (χ1n) is 11.2. The van der Waals surface area contributed by atoms with Crippen LogP contribution >= 0.6 is 0 Å². The summed E-state index contributed by atoms with van der Waals surface area (Å²) in [4.78, 5) is 2.39. The molecule has 1 saturated heterocycles. The van der Waals surface area contributed by atoms with Crippen molar-refractivity contribution in [2.45, 2.75) is 13.3 Å². The minimum atomic E-state index is 0.699. The third kappa shape index (κ3) is 5.63. The van der Waals surface area contributed by atoms with E-state index in [1.165, 1.54) is 27.8 Å². The van der Waals surface area contributed by atoms with Crippen LogP contribution in [0.5, 0.6) is 5.75 Å². The maximum atomic E-state index is 6.02. The molecule has 3 aromatic carbocycles. The maximum absolute atomic E-state index is 6.02. The van der Waals surface area contributed by atoms with Gasteiger partial charge in [-0.25, -0.2) is 0 Å². The van der Waals surface area contributed by atoms with Gasteiger partial charge >= 0.3 is 0 Å². The lowest BCUT2D eigenvalue weighted by Gasteiger charge is -2.26. The predicted octanol–water partition coefficient (Wildman–Crippen LogP) is 5.77. The van der Waals surface area contributed by atoms with E-state index < -0.39 is 0 Å². The number of allylic oxidation sites excluding steroid dienone is 1. The van der Waals surface area contributed by atoms with Gasteiger partial charge in [0.25, 0.3) is 0 Å². The second kappa shape index (κ2) is 10.9. The van der Waals surface area contributed by atoms with E-state index in [1.807, 2.05) is 0 Å². The monoisotopic (exact) mass is 413 g/mol. The zero-order valence-electron chi connectivity index (χ0n) is 18.3. The molecule has 3 heteroatoms. The summed E-state index contributed by atoms with van der Waals surface area (Å²) in [7, 11) is 0. The first-order chi connectivity index (χ1) is 15.3. The van der Waals surface area contributed by atoms with Crippen molar-refractivity contribution in [3.05, 3.63) is 102 Å². The molecule has 1 fully saturated rings. The van der Waals surface area contributed by atoms with E-state index in [-0.39, 0.29) is 0 Å². The van der Waals surface area contributed by atoms with Gasteiger partial charge in [-0.1, -0.05) is 79.7 Å². The largest absolute Gasteiger partial charge is 0.492 e. The minimum absolute atomic E-state index is 0.699. The van der Waals surface area contributed by atoms with E-state index in [9.17, 15) is 0 Å². The number of morpholine rings is 1. The Kier molecular flexibility index (Phi) is 7.54. The van der Waals surface area contributed by atoms with Crippen LogP contribution in [0.15, 0.2) is 84.9 Å². The molecule has 0 aromatic heterocycles. The van der Waals surface area contributed by atoms with Crippen molar-refractivity contribution in [3.8, 4) is 5.75 Å². The van der Waals surface area contributed by atoms with Gasteiger partial charge in [-0.2, -0.15) is 0 Å². The first-order valence-corrected chi connectivity index (χ1v) is 11.2. The highest BCUT2D eigenvalue weighted by Gasteiger charge is 2.13. The summed E-state index contributed by atoms with van der Waals surface area (Å²) in [6.45, 7) is 7.50. The summed E-state index contributed by atoms with van der Waals surface area (Å²) < 4.78 is 11.4. The molecule has 1 heterocycles. The number of hydrogen-bond acceptors (Lipinski definition) is 3. The molecular formula is C28H31NO2. The van der Waals surface area contributed by atoms with Crippen LogP contribution in [0.3, 0.4) is 0 Å². The molecule has 0 N–H and O–H groups in total. The topological polar surface area (TPSA) is 21.7 Å². The smallest absolute Gasteiger partial charge is 0.119 e. The van der Waals surface area contributed by atoms with Gasteiger partial charge in [0.15, 0.2) is 0 Å². The Morgan fingerprint density at radius 2 is 1.35 bits per heavy atom. The third-order valence-electron chi connectivity index (χ3n) is 5.76. The van der Waals surface area contributed by atoms with Crippen LogP contribution in [-0.4, -0.2) is 44.4 Å². The molecule has 4 rings (SSSR count). The van der Waals surface area contributed by atoms with E-state index >= 15 is 0 Å². The molecule has 0 radical (unpaired) electrons. The van der Waals surface area contributed by atoms with Crippen molar-refractivity contribution in [2.75, 3.05) is 39.5 Å². The van der Waals surface area contributed by atoms with Gasteiger partial charge in [-0.05, 0) is 46.4 Å². The van der Waals surface area contributed by atoms with Crippen molar-refractivity contribution >= 4 is 11.1 Å². The van der Waals surface area contributed by atoms with Gasteiger partial charge in [0.05, 0.1) is 13.2 Å². The Bertz CT molecular complexity index is 959. The Balaban J connectivity index is 1.56. The molecule has 3 aromatic rings. The molecule has 0 unspecified atom stereocenters. The molecule has 31 heavy (non-hydrogen) atoms. The number of benzene rings is 3. The number of nitrogens with zero attached hydrogens (tertiary/aromatic N) is 1. The summed E-state index contributed by atoms with van der Waals surface area (Å²) >= 11 is 0. The molecule has 0 atom stereocenters. The number of hydrogen-bond donors (Lipinski definition) is 0. The van der Waals surface area contributed by atoms with Gasteiger partial charge in [0.1, 0.15) is 12.4 Å². The normalized spacial score (nSPS) is 15.4. The van der Waals surface area contributed by atoms with Crippen LogP contribution in [0.2, 0.25) is 0 Å². The van der Waals surface area contributed by atoms with Gasteiger partial charge < -0.3 is 9.47 Å². The lowest BCUT2D eigenvalue weighted by molar-refractivity contribution is 0.0322. The molecule has 0 spiro atoms. The second-order valence-electron chi connectivity index (χ2n) is 7.77. The van der Waals surface area contributed by atoms with Crippen LogP contribution in [-0.2, 0) is 4.74 Å². The van der Waals surface area contributed by atoms with Gasteiger partial charge in [-0.15, -0.1) is 0 Å². The molecule has 0 amide bonds. The maximum Gasteiger partial charge on any atom is 0.119 e. The quantitative estimate of drug-likeness (QED) is 0.438. The molecule has 160 valence electrons. The highest BCUT2D eigenvalue weighted by molar-refractivity contribution is 5.98. The molecule has 0 bridgehead atoms. The average molecular weight is 414 g/mol. The Morgan fingerprint density at radius 3 is 1.97 bits per heavy atom. The molecular weight excluding hydrogens is 382 g/mol. The van der Waals surface area contributed by atoms with Crippen molar-refractivity contribution in [1.29, 1.82) is 0 Å². The summed E-state index contributed by atoms with van der Waals surface area (Å²) in [5, 5.41) is 0. The van der Waals surface area contributed by atoms with E-state index in [2.05, 4.69) is 96.8 Å². The van der Waals surface area contributed by atoms with Crippen molar-refractivity contribution in [3.63, 3.8) is 0 Å². The summed E-state index contributed by atoms with van der Waals surface area (Å²) in [5.74, 6) is 0.919. The average Bonchev–Trinajstić information content (AvgIpc) is 2.85. The van der Waals surface area contributed by atoms with E-state index in [0.717, 1.165) is 45.0 Å². The van der Waals surface area contributed by atoms with Gasteiger partial charge in [-0.3, -0.25) is 4.90 Å². The van der Waals surface area contributed by atoms with Crippen LogP contribution in [0, 0.1) is 0 Å². The molecule has 1 aliphatic heterocycles. The molecule has 1 aliphatic rings. The van der Waals surface area contributed by atoms with Crippen molar-refractivity contribution in [1.82, 2.24) is 4.90 Å². The lowest BCUT2D eigenvalue weighted by Crippen LogP contribution is -2.38. The van der Waals surface area contributed by atoms with E-state index in [1.54, 1.807) is 0 Å². The van der Waals surface area contributed by atoms with Crippen LogP contribution < -0.4 is 4.74 Å². The fourth-order valence-electron chi connectivity index (χ4n) is 4.12. The highest BCUT2D eigenvalue weighted by Crippen LogP contribution is 2.34. The lowest BCUT2D eigenvalue weighted by atomic mass is 9.88. The zero-order chi connectivity index (χ0) is 21.3. The molecule has 3 nitrogen and oxygen atoms in total. The Hall–Kier alpha value is -2.88. The van der Waals surface area contributed by atoms with Crippen molar-refractivity contribution in [2.24, 2.45) is 0 Å². The highest BCUT2D eigenvalue weighted by atomic mass is 16.5. The second-order valence-corrected chi connectivity index (χ2v) is 7.77. The predicted molar refractivity (Wildman–Crippen MR) is 128 cm³/mol. The summed E-state index contributed by atoms with van der Waals surface area (Å²) in [6, 6.07) is 29.9. The third-order valence-corrected chi connectivity index (χ3v) is 5.76. The van der Waals surface area contributed by atoms with Crippen LogP contribution in [0.4, 0.5) is 0 Å². The van der Waals surface area contributed by atoms with Crippen molar-refractivity contribution < 1.29 is 9.47 Å². The number of rotatable bonds is 8. The minimum Gasteiger partial charge on any atom is -0.492 e. The van der Waals surface area contributed by atoms with Gasteiger partial charge in [0.2, 0.25) is 0 Å². The van der Waals surface area contributed by atoms with Gasteiger partial charge in [0, 0.05) is 19.6 Å². The Labute approximate surface area is 185 Å². The Morgan fingerprint density at radius 1 is 0.774 bits per heavy atom. The van der Waals surface area contributed by atoms with E-state index in [4.69, 9.17) is 9.47 Å². The van der Waals surface area contributed by atoms with Crippen LogP contribution in [0.1, 0.15) is 30.0 Å². The summed E-state index contributed by atoms with van der Waals surface area (Å²) in [6.07, 6.45) is 0.964. The first kappa shape index (κ1) is 21.4. The molecule has 0 aliphatic carbocycles. The zero-order valence-corrected chi connectivity index (χ0v) is 18.3. The fourth-order valence-corrected chi connectivity index (χ4v) is 4.12. The SMILES string of the molecule is CC/C(=C(\c1ccccc1)c1ccc(OCCN2CCOCC2)cc1)c1ccccc1.